The molecule has 0 aromatic carbocycles. The fourth-order valence-electron chi connectivity index (χ4n) is 0.274. The molecule has 0 aromatic rings. The highest BCUT2D eigenvalue weighted by molar-refractivity contribution is 4.74. The third-order valence-corrected chi connectivity index (χ3v) is 1.28. The Morgan fingerprint density at radius 3 is 1.67 bits per heavy atom. The zero-order valence-electron chi connectivity index (χ0n) is 7.04. The second-order valence-corrected chi connectivity index (χ2v) is 2.10. The number of aliphatic hydroxyl groups excluding tert-OH is 4. The van der Waals surface area contributed by atoms with Crippen molar-refractivity contribution in [3.63, 3.8) is 0 Å². The van der Waals surface area contributed by atoms with Crippen molar-refractivity contribution in [1.82, 2.24) is 0 Å². The van der Waals surface area contributed by atoms with Crippen LogP contribution in [-0.2, 0) is 0 Å². The summed E-state index contributed by atoms with van der Waals surface area (Å²) in [4.78, 5) is 0. The minimum atomic E-state index is -1.02. The van der Waals surface area contributed by atoms with E-state index in [9.17, 15) is 0 Å². The van der Waals surface area contributed by atoms with Crippen LogP contribution in [0.1, 0.15) is 0 Å². The molecular formula is C5H12O4. The smallest absolute Gasteiger partial charge is 0.210 e. The lowest BCUT2D eigenvalue weighted by molar-refractivity contribution is -0.0328. The normalized spacial score (nSPS) is 14.9. The van der Waals surface area contributed by atoms with Crippen molar-refractivity contribution in [3.8, 4) is 0 Å². The molecular weight excluding hydrogens is 124 g/mol. The van der Waals surface area contributed by atoms with Crippen LogP contribution in [0.2, 0.25) is 0 Å². The Morgan fingerprint density at radius 2 is 1.44 bits per heavy atom. The van der Waals surface area contributed by atoms with Crippen LogP contribution >= 0.6 is 0 Å². The summed E-state index contributed by atoms with van der Waals surface area (Å²) >= 11 is 0. The topological polar surface area (TPSA) is 80.9 Å². The Kier molecular flexibility index (Phi) is 2.36. The summed E-state index contributed by atoms with van der Waals surface area (Å²) in [6, 6.07) is 0. The zero-order valence-corrected chi connectivity index (χ0v) is 5.04. The largest absolute Gasteiger partial charge is 0.396 e. The van der Waals surface area contributed by atoms with Gasteiger partial charge in [0.15, 0.2) is 0 Å². The predicted molar refractivity (Wildman–Crippen MR) is 30.8 cm³/mol. The van der Waals surface area contributed by atoms with Gasteiger partial charge in [-0.25, -0.2) is 0 Å². The van der Waals surface area contributed by atoms with Crippen molar-refractivity contribution in [3.05, 3.63) is 0 Å². The molecule has 0 bridgehead atoms. The lowest BCUT2D eigenvalue weighted by Gasteiger charge is -2.23. The van der Waals surface area contributed by atoms with E-state index in [1.54, 1.807) is 0 Å². The molecule has 56 valence electrons. The van der Waals surface area contributed by atoms with E-state index in [0.717, 1.165) is 0 Å². The van der Waals surface area contributed by atoms with E-state index in [1.807, 2.05) is 0 Å². The molecule has 4 heteroatoms. The Labute approximate surface area is 56.4 Å². The van der Waals surface area contributed by atoms with E-state index in [4.69, 9.17) is 13.1 Å². The molecule has 0 aliphatic heterocycles. The molecule has 0 saturated carbocycles. The first-order chi connectivity index (χ1) is 5.24. The molecule has 0 heterocycles. The van der Waals surface area contributed by atoms with Crippen molar-refractivity contribution in [2.24, 2.45) is 5.41 Å². The highest BCUT2D eigenvalue weighted by Gasteiger charge is 2.26. The average Bonchev–Trinajstić information content (AvgIpc) is 2.04. The van der Waals surface area contributed by atoms with Crippen molar-refractivity contribution < 1.29 is 20.4 Å². The molecule has 0 unspecified atom stereocenters. The van der Waals surface area contributed by atoms with Gasteiger partial charge >= 0.3 is 0 Å². The second kappa shape index (κ2) is 3.79. The highest BCUT2D eigenvalue weighted by Crippen LogP contribution is 2.11. The summed E-state index contributed by atoms with van der Waals surface area (Å²) in [5.74, 6) is 0. The molecule has 0 aromatic heterocycles. The van der Waals surface area contributed by atoms with Crippen LogP contribution in [0.3, 0.4) is 0 Å². The Bertz CT molecular complexity index is 88.5. The molecule has 0 rings (SSSR count). The fraction of sp³-hybridized carbons (Fsp3) is 1.00. The van der Waals surface area contributed by atoms with E-state index in [2.05, 4.69) is 10.2 Å². The van der Waals surface area contributed by atoms with E-state index in [-0.39, 0.29) is 26.4 Å². The lowest BCUT2D eigenvalue weighted by atomic mass is 9.93. The van der Waals surface area contributed by atoms with Gasteiger partial charge in [-0.05, 0) is 0 Å². The molecule has 9 heavy (non-hydrogen) atoms. The molecule has 0 aliphatic carbocycles. The summed E-state index contributed by atoms with van der Waals surface area (Å²) < 4.78 is 12.8. The summed E-state index contributed by atoms with van der Waals surface area (Å²) in [6.07, 6.45) is 0. The van der Waals surface area contributed by atoms with Gasteiger partial charge in [0.2, 0.25) is 2.86 Å². The van der Waals surface area contributed by atoms with Crippen LogP contribution in [0.5, 0.6) is 0 Å². The van der Waals surface area contributed by atoms with E-state index in [1.165, 1.54) is 0 Å². The minimum Gasteiger partial charge on any atom is -0.396 e. The molecule has 0 amide bonds. The first-order valence-corrected chi connectivity index (χ1v) is 2.62. The van der Waals surface area contributed by atoms with Gasteiger partial charge in [-0.2, -0.15) is 0 Å². The Hall–Kier alpha value is -0.160. The summed E-state index contributed by atoms with van der Waals surface area (Å²) in [5, 5.41) is 25.5. The van der Waals surface area contributed by atoms with Crippen LogP contribution in [0.15, 0.2) is 0 Å². The lowest BCUT2D eigenvalue weighted by Crippen LogP contribution is -2.37. The van der Waals surface area contributed by atoms with E-state index in [0.29, 0.717) is 0 Å². The molecule has 4 nitrogen and oxygen atoms in total. The Morgan fingerprint density at radius 1 is 1.00 bits per heavy atom. The third-order valence-electron chi connectivity index (χ3n) is 1.28. The molecule has 0 aliphatic rings. The monoisotopic (exact) mass is 138 g/mol. The maximum atomic E-state index is 8.75. The summed E-state index contributed by atoms with van der Waals surface area (Å²) in [5.41, 5.74) is -1.02. The third kappa shape index (κ3) is 1.91. The number of hydrogen-bond acceptors (Lipinski definition) is 4. The second-order valence-electron chi connectivity index (χ2n) is 2.10. The fourth-order valence-corrected chi connectivity index (χ4v) is 0.274. The summed E-state index contributed by atoms with van der Waals surface area (Å²) in [7, 11) is 0. The maximum Gasteiger partial charge on any atom is 0.210 e. The van der Waals surface area contributed by atoms with Gasteiger partial charge in [-0.3, -0.25) is 0 Å². The molecule has 0 fully saturated rings. The van der Waals surface area contributed by atoms with Gasteiger partial charge in [0, 0.05) is 0 Å². The van der Waals surface area contributed by atoms with Gasteiger partial charge in [0.1, 0.15) is 0 Å². The quantitative estimate of drug-likeness (QED) is 0.340. The SMILES string of the molecule is [2H]OCC(CO)(CO)CO[2H]. The number of hydrogen-bond donors (Lipinski definition) is 4. The van der Waals surface area contributed by atoms with Gasteiger partial charge < -0.3 is 20.4 Å². The van der Waals surface area contributed by atoms with Crippen LogP contribution in [0, 0.1) is 5.41 Å². The van der Waals surface area contributed by atoms with Crippen molar-refractivity contribution in [2.45, 2.75) is 0 Å². The van der Waals surface area contributed by atoms with Gasteiger partial charge in [0.25, 0.3) is 0 Å². The number of rotatable bonds is 6. The molecule has 4 N–H and O–H groups in total. The van der Waals surface area contributed by atoms with Gasteiger partial charge in [-0.15, -0.1) is 0 Å². The zero-order chi connectivity index (χ0) is 8.74. The highest BCUT2D eigenvalue weighted by atomic mass is 16.3. The van der Waals surface area contributed by atoms with Crippen molar-refractivity contribution >= 4 is 0 Å². The van der Waals surface area contributed by atoms with Crippen molar-refractivity contribution in [2.75, 3.05) is 26.4 Å². The molecule has 0 spiro atoms. The molecule has 0 atom stereocenters. The molecule has 0 saturated heterocycles. The van der Waals surface area contributed by atoms with Crippen LogP contribution in [-0.4, -0.2) is 49.7 Å². The number of aliphatic hydroxyl groups is 4. The van der Waals surface area contributed by atoms with Crippen molar-refractivity contribution in [1.29, 1.82) is 2.86 Å². The van der Waals surface area contributed by atoms with Gasteiger partial charge in [0.05, 0.1) is 31.8 Å². The molecule has 0 radical (unpaired) electrons. The van der Waals surface area contributed by atoms with Crippen LogP contribution in [0.4, 0.5) is 0 Å². The van der Waals surface area contributed by atoms with E-state index >= 15 is 0 Å². The predicted octanol–water partition coefficient (Wildman–Crippen LogP) is -2.06. The first kappa shape index (κ1) is 5.61. The summed E-state index contributed by atoms with van der Waals surface area (Å²) in [6.45, 7) is -1.06. The van der Waals surface area contributed by atoms with Gasteiger partial charge in [-0.1, -0.05) is 0 Å². The Balaban J connectivity index is 3.96. The minimum absolute atomic E-state index is 0.154. The van der Waals surface area contributed by atoms with E-state index < -0.39 is 5.41 Å². The first-order valence-electron chi connectivity index (χ1n) is 3.44. The van der Waals surface area contributed by atoms with Crippen LogP contribution < -0.4 is 0 Å². The van der Waals surface area contributed by atoms with Crippen LogP contribution in [0.25, 0.3) is 0 Å². The standard InChI is InChI=1S/C5H12O4/c6-1-5(2-7,3-8)4-9/h6-9H,1-4H2/i6D,7D. The maximum absolute atomic E-state index is 8.75. The average molecular weight is 138 g/mol.